The zero-order valence-electron chi connectivity index (χ0n) is 13.4. The smallest absolute Gasteiger partial charge is 0.128 e. The van der Waals surface area contributed by atoms with Gasteiger partial charge in [-0.2, -0.15) is 0 Å². The normalized spacial score (nSPS) is 24.7. The van der Waals surface area contributed by atoms with Gasteiger partial charge in [-0.1, -0.05) is 18.5 Å². The fourth-order valence-electron chi connectivity index (χ4n) is 2.88. The molecule has 3 nitrogen and oxygen atoms in total. The van der Waals surface area contributed by atoms with Crippen molar-refractivity contribution in [2.45, 2.75) is 58.8 Å². The molecule has 0 amide bonds. The Bertz CT molecular complexity index is 455. The largest absolute Gasteiger partial charge is 0.487 e. The lowest BCUT2D eigenvalue weighted by Crippen LogP contribution is -2.61. The van der Waals surface area contributed by atoms with Gasteiger partial charge in [0, 0.05) is 24.1 Å². The average Bonchev–Trinajstić information content (AvgIpc) is 2.41. The van der Waals surface area contributed by atoms with E-state index in [4.69, 9.17) is 21.1 Å². The van der Waals surface area contributed by atoms with Gasteiger partial charge in [0.05, 0.1) is 0 Å². The van der Waals surface area contributed by atoms with E-state index in [2.05, 4.69) is 12.2 Å². The van der Waals surface area contributed by atoms with Crippen LogP contribution in [0.25, 0.3) is 0 Å². The highest BCUT2D eigenvalue weighted by molar-refractivity contribution is 6.30. The van der Waals surface area contributed by atoms with Crippen LogP contribution in [0.1, 0.15) is 37.8 Å². The van der Waals surface area contributed by atoms with Crippen LogP contribution < -0.4 is 10.1 Å². The molecule has 0 spiro atoms. The minimum atomic E-state index is 0.123. The van der Waals surface area contributed by atoms with Crippen molar-refractivity contribution in [3.63, 3.8) is 0 Å². The second-order valence-corrected chi connectivity index (χ2v) is 6.18. The first-order valence-corrected chi connectivity index (χ1v) is 8.23. The molecule has 0 bridgehead atoms. The molecule has 21 heavy (non-hydrogen) atoms. The monoisotopic (exact) mass is 311 g/mol. The Kier molecular flexibility index (Phi) is 5.91. The molecule has 1 aromatic rings. The molecule has 0 aromatic heterocycles. The SMILES string of the molecule is CCCNC1CC(Oc2c(C)cc(Cl)cc2C)C1OCC. The standard InChI is InChI=1S/C17H26ClNO2/c1-5-7-19-14-10-15(17(14)20-6-2)21-16-11(3)8-13(18)9-12(16)4/h8-9,14-15,17,19H,5-7,10H2,1-4H3. The maximum Gasteiger partial charge on any atom is 0.128 e. The van der Waals surface area contributed by atoms with Gasteiger partial charge < -0.3 is 14.8 Å². The average molecular weight is 312 g/mol. The number of ether oxygens (including phenoxy) is 2. The first kappa shape index (κ1) is 16.6. The Balaban J connectivity index is 2.03. The summed E-state index contributed by atoms with van der Waals surface area (Å²) in [6.07, 6.45) is 2.39. The van der Waals surface area contributed by atoms with Crippen molar-refractivity contribution in [3.8, 4) is 5.75 Å². The number of hydrogen-bond acceptors (Lipinski definition) is 3. The molecule has 1 N–H and O–H groups in total. The van der Waals surface area contributed by atoms with Gasteiger partial charge in [-0.25, -0.2) is 0 Å². The zero-order chi connectivity index (χ0) is 15.4. The highest BCUT2D eigenvalue weighted by atomic mass is 35.5. The minimum absolute atomic E-state index is 0.123. The van der Waals surface area contributed by atoms with Gasteiger partial charge in [0.15, 0.2) is 0 Å². The van der Waals surface area contributed by atoms with Crippen LogP contribution in [-0.2, 0) is 4.74 Å². The summed E-state index contributed by atoms with van der Waals surface area (Å²) in [5.74, 6) is 0.947. The summed E-state index contributed by atoms with van der Waals surface area (Å²) in [5.41, 5.74) is 2.17. The molecule has 3 atom stereocenters. The van der Waals surface area contributed by atoms with Crippen molar-refractivity contribution in [1.29, 1.82) is 0 Å². The number of rotatable bonds is 7. The van der Waals surface area contributed by atoms with E-state index in [0.29, 0.717) is 12.6 Å². The van der Waals surface area contributed by atoms with Crippen molar-refractivity contribution in [2.75, 3.05) is 13.2 Å². The number of nitrogens with one attached hydrogen (secondary N) is 1. The molecular formula is C17H26ClNO2. The van der Waals surface area contributed by atoms with Crippen molar-refractivity contribution < 1.29 is 9.47 Å². The van der Waals surface area contributed by atoms with Gasteiger partial charge in [-0.15, -0.1) is 0 Å². The third-order valence-electron chi connectivity index (χ3n) is 3.96. The topological polar surface area (TPSA) is 30.5 Å². The lowest BCUT2D eigenvalue weighted by atomic mass is 9.85. The predicted octanol–water partition coefficient (Wildman–Crippen LogP) is 3.88. The predicted molar refractivity (Wildman–Crippen MR) is 87.5 cm³/mol. The molecule has 3 unspecified atom stereocenters. The van der Waals surface area contributed by atoms with Gasteiger partial charge >= 0.3 is 0 Å². The second-order valence-electron chi connectivity index (χ2n) is 5.74. The van der Waals surface area contributed by atoms with Crippen LogP contribution in [0.5, 0.6) is 5.75 Å². The molecule has 0 saturated heterocycles. The molecule has 0 radical (unpaired) electrons. The van der Waals surface area contributed by atoms with E-state index < -0.39 is 0 Å². The van der Waals surface area contributed by atoms with E-state index >= 15 is 0 Å². The molecule has 1 fully saturated rings. The van der Waals surface area contributed by atoms with Crippen LogP contribution in [-0.4, -0.2) is 31.4 Å². The fourth-order valence-corrected chi connectivity index (χ4v) is 3.20. The lowest BCUT2D eigenvalue weighted by Gasteiger charge is -2.44. The zero-order valence-corrected chi connectivity index (χ0v) is 14.2. The highest BCUT2D eigenvalue weighted by Crippen LogP contribution is 2.34. The summed E-state index contributed by atoms with van der Waals surface area (Å²) in [7, 11) is 0. The molecule has 1 aliphatic rings. The summed E-state index contributed by atoms with van der Waals surface area (Å²) in [6.45, 7) is 10.0. The lowest BCUT2D eigenvalue weighted by molar-refractivity contribution is -0.104. The van der Waals surface area contributed by atoms with Gasteiger partial charge in [0.1, 0.15) is 18.0 Å². The maximum absolute atomic E-state index is 6.22. The maximum atomic E-state index is 6.22. The minimum Gasteiger partial charge on any atom is -0.487 e. The summed E-state index contributed by atoms with van der Waals surface area (Å²) in [4.78, 5) is 0. The van der Waals surface area contributed by atoms with E-state index in [0.717, 1.165) is 41.3 Å². The number of halogens is 1. The van der Waals surface area contributed by atoms with Crippen molar-refractivity contribution in [2.24, 2.45) is 0 Å². The molecular weight excluding hydrogens is 286 g/mol. The van der Waals surface area contributed by atoms with E-state index in [1.807, 2.05) is 32.9 Å². The van der Waals surface area contributed by atoms with E-state index in [-0.39, 0.29) is 12.2 Å². The van der Waals surface area contributed by atoms with Crippen LogP contribution in [0.2, 0.25) is 5.02 Å². The van der Waals surface area contributed by atoms with Gasteiger partial charge in [0.25, 0.3) is 0 Å². The molecule has 1 saturated carbocycles. The van der Waals surface area contributed by atoms with Crippen molar-refractivity contribution >= 4 is 11.6 Å². The Morgan fingerprint density at radius 2 is 1.90 bits per heavy atom. The fraction of sp³-hybridized carbons (Fsp3) is 0.647. The van der Waals surface area contributed by atoms with Crippen LogP contribution in [0.4, 0.5) is 0 Å². The number of aryl methyl sites for hydroxylation is 2. The van der Waals surface area contributed by atoms with Crippen molar-refractivity contribution in [1.82, 2.24) is 5.32 Å². The van der Waals surface area contributed by atoms with Crippen molar-refractivity contribution in [3.05, 3.63) is 28.3 Å². The summed E-state index contributed by atoms with van der Waals surface area (Å²) < 4.78 is 12.1. The third-order valence-corrected chi connectivity index (χ3v) is 4.18. The Morgan fingerprint density at radius 1 is 1.24 bits per heavy atom. The Labute approximate surface area is 133 Å². The van der Waals surface area contributed by atoms with Gasteiger partial charge in [-0.3, -0.25) is 0 Å². The second kappa shape index (κ2) is 7.48. The van der Waals surface area contributed by atoms with Crippen LogP contribution in [0.3, 0.4) is 0 Å². The quantitative estimate of drug-likeness (QED) is 0.829. The Morgan fingerprint density at radius 3 is 2.48 bits per heavy atom. The first-order valence-electron chi connectivity index (χ1n) is 7.85. The molecule has 1 aliphatic carbocycles. The van der Waals surface area contributed by atoms with Crippen LogP contribution in [0, 0.1) is 13.8 Å². The molecule has 1 aromatic carbocycles. The highest BCUT2D eigenvalue weighted by Gasteiger charge is 2.43. The summed E-state index contributed by atoms with van der Waals surface area (Å²) in [5, 5.41) is 4.29. The summed E-state index contributed by atoms with van der Waals surface area (Å²) in [6, 6.07) is 4.30. The molecule has 118 valence electrons. The summed E-state index contributed by atoms with van der Waals surface area (Å²) >= 11 is 6.08. The number of hydrogen-bond donors (Lipinski definition) is 1. The van der Waals surface area contributed by atoms with Crippen LogP contribution in [0.15, 0.2) is 12.1 Å². The Hall–Kier alpha value is -0.770. The van der Waals surface area contributed by atoms with E-state index in [9.17, 15) is 0 Å². The molecule has 2 rings (SSSR count). The van der Waals surface area contributed by atoms with E-state index in [1.54, 1.807) is 0 Å². The third kappa shape index (κ3) is 3.91. The molecule has 0 aliphatic heterocycles. The van der Waals surface area contributed by atoms with Gasteiger partial charge in [-0.05, 0) is 57.0 Å². The first-order chi connectivity index (χ1) is 10.1. The van der Waals surface area contributed by atoms with Crippen LogP contribution >= 0.6 is 11.6 Å². The van der Waals surface area contributed by atoms with Gasteiger partial charge in [0.2, 0.25) is 0 Å². The molecule has 0 heterocycles. The number of benzene rings is 1. The molecule has 4 heteroatoms. The van der Waals surface area contributed by atoms with E-state index in [1.165, 1.54) is 0 Å².